The van der Waals surface area contributed by atoms with Crippen LogP contribution in [0.2, 0.25) is 0 Å². The van der Waals surface area contributed by atoms with Crippen LogP contribution in [0.5, 0.6) is 0 Å². The van der Waals surface area contributed by atoms with Gasteiger partial charge in [0, 0.05) is 10.0 Å². The van der Waals surface area contributed by atoms with Crippen molar-refractivity contribution >= 4 is 37.8 Å². The number of halogens is 2. The Morgan fingerprint density at radius 1 is 1.19 bits per heavy atom. The summed E-state index contributed by atoms with van der Waals surface area (Å²) in [6.45, 7) is 0. The predicted molar refractivity (Wildman–Crippen MR) is 66.5 cm³/mol. The second-order valence-corrected chi connectivity index (χ2v) is 4.81. The van der Waals surface area contributed by atoms with Gasteiger partial charge in [-0.3, -0.25) is 0 Å². The predicted octanol–water partition coefficient (Wildman–Crippen LogP) is 4.17. The lowest BCUT2D eigenvalue weighted by atomic mass is 10.1. The molecule has 16 heavy (non-hydrogen) atoms. The molecule has 1 aromatic carbocycles. The molecule has 0 aliphatic rings. The van der Waals surface area contributed by atoms with Gasteiger partial charge in [-0.1, -0.05) is 6.07 Å². The number of carbonyl (C=O) groups is 1. The van der Waals surface area contributed by atoms with E-state index in [4.69, 9.17) is 9.52 Å². The van der Waals surface area contributed by atoms with E-state index in [0.717, 1.165) is 10.0 Å². The van der Waals surface area contributed by atoms with Crippen LogP contribution in [0.4, 0.5) is 0 Å². The topological polar surface area (TPSA) is 50.4 Å². The number of aromatic carboxylic acids is 1. The largest absolute Gasteiger partial charge is 0.478 e. The zero-order valence-corrected chi connectivity index (χ0v) is 11.1. The number of carboxylic acids is 1. The van der Waals surface area contributed by atoms with Gasteiger partial charge in [0.1, 0.15) is 5.76 Å². The Morgan fingerprint density at radius 3 is 2.50 bits per heavy atom. The van der Waals surface area contributed by atoms with Crippen molar-refractivity contribution in [3.8, 4) is 11.3 Å². The summed E-state index contributed by atoms with van der Waals surface area (Å²) in [7, 11) is 0. The van der Waals surface area contributed by atoms with E-state index in [2.05, 4.69) is 31.9 Å². The monoisotopic (exact) mass is 344 g/mol. The minimum atomic E-state index is -0.976. The third-order valence-corrected chi connectivity index (χ3v) is 3.39. The Hall–Kier alpha value is -1.07. The van der Waals surface area contributed by atoms with Gasteiger partial charge < -0.3 is 9.52 Å². The Labute approximate surface area is 108 Å². The van der Waals surface area contributed by atoms with Crippen LogP contribution in [-0.2, 0) is 0 Å². The molecule has 0 atom stereocenters. The van der Waals surface area contributed by atoms with Crippen molar-refractivity contribution in [1.82, 2.24) is 0 Å². The van der Waals surface area contributed by atoms with Crippen LogP contribution >= 0.6 is 31.9 Å². The summed E-state index contributed by atoms with van der Waals surface area (Å²) in [5.74, 6) is -0.355. The van der Waals surface area contributed by atoms with Crippen molar-refractivity contribution in [2.45, 2.75) is 0 Å². The Balaban J connectivity index is 2.56. The smallest absolute Gasteiger partial charge is 0.336 e. The molecular formula is C11H6Br2O3. The van der Waals surface area contributed by atoms with Crippen LogP contribution in [0.1, 0.15) is 10.4 Å². The molecule has 1 aromatic heterocycles. The van der Waals surface area contributed by atoms with Crippen LogP contribution in [0.25, 0.3) is 11.3 Å². The van der Waals surface area contributed by atoms with Crippen LogP contribution in [0.15, 0.2) is 43.9 Å². The maximum atomic E-state index is 11.0. The molecule has 0 fully saturated rings. The van der Waals surface area contributed by atoms with Gasteiger partial charge in [-0.25, -0.2) is 4.79 Å². The highest BCUT2D eigenvalue weighted by Crippen LogP contribution is 2.31. The lowest BCUT2D eigenvalue weighted by molar-refractivity contribution is 0.0696. The zero-order valence-electron chi connectivity index (χ0n) is 7.91. The first-order chi connectivity index (χ1) is 7.59. The molecule has 0 aliphatic carbocycles. The highest BCUT2D eigenvalue weighted by molar-refractivity contribution is 9.10. The first-order valence-electron chi connectivity index (χ1n) is 4.36. The van der Waals surface area contributed by atoms with Crippen molar-refractivity contribution in [3.05, 3.63) is 45.0 Å². The normalized spacial score (nSPS) is 10.4. The number of hydrogen-bond acceptors (Lipinski definition) is 2. The number of carboxylic acid groups (broad SMARTS) is 1. The highest BCUT2D eigenvalue weighted by Gasteiger charge is 2.13. The van der Waals surface area contributed by atoms with Crippen molar-refractivity contribution < 1.29 is 14.3 Å². The summed E-state index contributed by atoms with van der Waals surface area (Å²) in [4.78, 5) is 11.0. The van der Waals surface area contributed by atoms with E-state index in [1.165, 1.54) is 0 Å². The van der Waals surface area contributed by atoms with Gasteiger partial charge in [0.05, 0.1) is 16.3 Å². The van der Waals surface area contributed by atoms with E-state index in [1.54, 1.807) is 30.5 Å². The van der Waals surface area contributed by atoms with Crippen molar-refractivity contribution in [2.24, 2.45) is 0 Å². The second-order valence-electron chi connectivity index (χ2n) is 3.10. The minimum absolute atomic E-state index is 0.209. The van der Waals surface area contributed by atoms with Gasteiger partial charge in [0.15, 0.2) is 0 Å². The van der Waals surface area contributed by atoms with Crippen molar-refractivity contribution in [1.29, 1.82) is 0 Å². The van der Waals surface area contributed by atoms with E-state index in [9.17, 15) is 4.79 Å². The van der Waals surface area contributed by atoms with Gasteiger partial charge >= 0.3 is 5.97 Å². The van der Waals surface area contributed by atoms with Gasteiger partial charge in [0.25, 0.3) is 0 Å². The summed E-state index contributed by atoms with van der Waals surface area (Å²) in [6, 6.07) is 6.81. The molecule has 1 N–H and O–H groups in total. The standard InChI is InChI=1S/C11H6Br2O3/c12-8-2-1-6(5-7(8)11(14)15)10-9(13)3-4-16-10/h1-5H,(H,14,15). The van der Waals surface area contributed by atoms with Crippen molar-refractivity contribution in [2.75, 3.05) is 0 Å². The van der Waals surface area contributed by atoms with Crippen LogP contribution in [-0.4, -0.2) is 11.1 Å². The first kappa shape index (κ1) is 11.4. The molecule has 2 rings (SSSR count). The third kappa shape index (κ3) is 2.05. The maximum absolute atomic E-state index is 11.0. The average Bonchev–Trinajstić information content (AvgIpc) is 2.65. The minimum Gasteiger partial charge on any atom is -0.478 e. The molecule has 0 bridgehead atoms. The number of rotatable bonds is 2. The third-order valence-electron chi connectivity index (χ3n) is 2.08. The zero-order chi connectivity index (χ0) is 11.7. The SMILES string of the molecule is O=C(O)c1cc(-c2occc2Br)ccc1Br. The number of benzene rings is 1. The summed E-state index contributed by atoms with van der Waals surface area (Å²) in [5.41, 5.74) is 0.929. The fourth-order valence-electron chi connectivity index (χ4n) is 1.33. The molecule has 0 amide bonds. The molecule has 82 valence electrons. The van der Waals surface area contributed by atoms with E-state index in [-0.39, 0.29) is 5.56 Å². The highest BCUT2D eigenvalue weighted by atomic mass is 79.9. The molecule has 2 aromatic rings. The van der Waals surface area contributed by atoms with Gasteiger partial charge in [-0.15, -0.1) is 0 Å². The van der Waals surface area contributed by atoms with E-state index in [1.807, 2.05) is 0 Å². The number of furan rings is 1. The molecule has 0 spiro atoms. The molecular weight excluding hydrogens is 340 g/mol. The molecule has 1 heterocycles. The van der Waals surface area contributed by atoms with E-state index in [0.29, 0.717) is 10.2 Å². The van der Waals surface area contributed by atoms with Gasteiger partial charge in [-0.2, -0.15) is 0 Å². The average molecular weight is 346 g/mol. The van der Waals surface area contributed by atoms with Gasteiger partial charge in [-0.05, 0) is 50.1 Å². The van der Waals surface area contributed by atoms with Crippen molar-refractivity contribution in [3.63, 3.8) is 0 Å². The van der Waals surface area contributed by atoms with Crippen LogP contribution < -0.4 is 0 Å². The summed E-state index contributed by atoms with van der Waals surface area (Å²) in [5, 5.41) is 8.98. The number of hydrogen-bond donors (Lipinski definition) is 1. The molecule has 0 unspecified atom stereocenters. The summed E-state index contributed by atoms with van der Waals surface area (Å²) < 4.78 is 6.61. The first-order valence-corrected chi connectivity index (χ1v) is 5.94. The summed E-state index contributed by atoms with van der Waals surface area (Å²) >= 11 is 6.52. The Bertz CT molecular complexity index is 546. The van der Waals surface area contributed by atoms with E-state index < -0.39 is 5.97 Å². The molecule has 3 nitrogen and oxygen atoms in total. The summed E-state index contributed by atoms with van der Waals surface area (Å²) in [6.07, 6.45) is 1.54. The lowest BCUT2D eigenvalue weighted by Gasteiger charge is -2.02. The molecule has 0 saturated carbocycles. The molecule has 0 saturated heterocycles. The lowest BCUT2D eigenvalue weighted by Crippen LogP contribution is -1.97. The molecule has 5 heteroatoms. The Kier molecular flexibility index (Phi) is 3.16. The van der Waals surface area contributed by atoms with Crippen LogP contribution in [0.3, 0.4) is 0 Å². The molecule has 0 radical (unpaired) electrons. The molecule has 0 aliphatic heterocycles. The second kappa shape index (κ2) is 4.43. The fourth-order valence-corrected chi connectivity index (χ4v) is 2.18. The Morgan fingerprint density at radius 2 is 1.94 bits per heavy atom. The van der Waals surface area contributed by atoms with E-state index >= 15 is 0 Å². The van der Waals surface area contributed by atoms with Crippen LogP contribution in [0, 0.1) is 0 Å². The van der Waals surface area contributed by atoms with Gasteiger partial charge in [0.2, 0.25) is 0 Å². The quantitative estimate of drug-likeness (QED) is 0.888. The fraction of sp³-hybridized carbons (Fsp3) is 0. The maximum Gasteiger partial charge on any atom is 0.336 e.